The quantitative estimate of drug-likeness (QED) is 0.602. The molecule has 0 aliphatic rings. The zero-order valence-corrected chi connectivity index (χ0v) is 14.1. The van der Waals surface area contributed by atoms with Crippen molar-refractivity contribution >= 4 is 22.3 Å². The Balaban J connectivity index is 2.28. The van der Waals surface area contributed by atoms with E-state index in [9.17, 15) is 4.79 Å². The van der Waals surface area contributed by atoms with E-state index in [0.717, 1.165) is 5.57 Å². The Morgan fingerprint density at radius 2 is 1.65 bits per heavy atom. The minimum atomic E-state index is -0.923. The monoisotopic (exact) mass is 306 g/mol. The van der Waals surface area contributed by atoms with E-state index < -0.39 is 5.97 Å². The van der Waals surface area contributed by atoms with Crippen molar-refractivity contribution in [3.05, 3.63) is 76.9 Å². The summed E-state index contributed by atoms with van der Waals surface area (Å²) in [6, 6.07) is 10.9. The van der Waals surface area contributed by atoms with Crippen LogP contribution in [0.2, 0.25) is 0 Å². The van der Waals surface area contributed by atoms with Crippen molar-refractivity contribution in [1.29, 1.82) is 0 Å². The fourth-order valence-electron chi connectivity index (χ4n) is 2.45. The first-order chi connectivity index (χ1) is 10.9. The second kappa shape index (κ2) is 7.10. The molecule has 0 heterocycles. The Bertz CT molecular complexity index is 836. The largest absolute Gasteiger partial charge is 0.478 e. The number of carboxylic acid groups (broad SMARTS) is 1. The fraction of sp³-hybridized carbons (Fsp3) is 0.190. The molecular formula is C21H22O2. The summed E-state index contributed by atoms with van der Waals surface area (Å²) in [7, 11) is 0. The van der Waals surface area contributed by atoms with E-state index in [1.165, 1.54) is 33.5 Å². The van der Waals surface area contributed by atoms with Gasteiger partial charge < -0.3 is 5.11 Å². The molecule has 2 heteroatoms. The Kier molecular flexibility index (Phi) is 5.17. The van der Waals surface area contributed by atoms with Gasteiger partial charge in [0.05, 0.1) is 0 Å². The predicted octanol–water partition coefficient (Wildman–Crippen LogP) is 5.45. The summed E-state index contributed by atoms with van der Waals surface area (Å²) in [6.07, 6.45) is 6.88. The molecule has 0 aromatic heterocycles. The van der Waals surface area contributed by atoms with Crippen LogP contribution in [0.1, 0.15) is 30.5 Å². The lowest BCUT2D eigenvalue weighted by atomic mass is 9.98. The van der Waals surface area contributed by atoms with Gasteiger partial charge >= 0.3 is 5.97 Å². The van der Waals surface area contributed by atoms with Crippen molar-refractivity contribution in [2.24, 2.45) is 0 Å². The molecule has 0 aliphatic carbocycles. The first-order valence-electron chi connectivity index (χ1n) is 7.64. The van der Waals surface area contributed by atoms with Crippen molar-refractivity contribution in [3.63, 3.8) is 0 Å². The Morgan fingerprint density at radius 1 is 1.00 bits per heavy atom. The molecule has 1 N–H and O–H groups in total. The third-order valence-corrected chi connectivity index (χ3v) is 3.96. The number of allylic oxidation sites excluding steroid dienone is 5. The minimum Gasteiger partial charge on any atom is -0.478 e. The van der Waals surface area contributed by atoms with E-state index in [0.29, 0.717) is 5.57 Å². The topological polar surface area (TPSA) is 37.3 Å². The number of rotatable bonds is 4. The number of aryl methyl sites for hydroxylation is 2. The van der Waals surface area contributed by atoms with Crippen molar-refractivity contribution in [1.82, 2.24) is 0 Å². The number of hydrogen-bond donors (Lipinski definition) is 1. The average Bonchev–Trinajstić information content (AvgIpc) is 2.47. The van der Waals surface area contributed by atoms with Crippen molar-refractivity contribution in [3.8, 4) is 0 Å². The zero-order chi connectivity index (χ0) is 17.0. The van der Waals surface area contributed by atoms with Crippen LogP contribution in [0.4, 0.5) is 0 Å². The van der Waals surface area contributed by atoms with Gasteiger partial charge in [0.1, 0.15) is 0 Å². The third-order valence-electron chi connectivity index (χ3n) is 3.96. The zero-order valence-electron chi connectivity index (χ0n) is 14.1. The minimum absolute atomic E-state index is 0.714. The van der Waals surface area contributed by atoms with Crippen LogP contribution < -0.4 is 0 Å². The van der Waals surface area contributed by atoms with Crippen LogP contribution in [-0.4, -0.2) is 11.1 Å². The van der Waals surface area contributed by atoms with Gasteiger partial charge in [-0.15, -0.1) is 0 Å². The van der Waals surface area contributed by atoms with Crippen molar-refractivity contribution in [2.75, 3.05) is 0 Å². The lowest BCUT2D eigenvalue weighted by Crippen LogP contribution is -1.87. The third kappa shape index (κ3) is 4.43. The summed E-state index contributed by atoms with van der Waals surface area (Å²) in [6.45, 7) is 8.09. The average molecular weight is 306 g/mol. The number of benzene rings is 2. The standard InChI is InChI=1S/C21H22O2/c1-14(10-21(22)23)6-5-7-15(2)18-8-9-19-11-16(3)17(4)12-20(19)13-18/h5-13H,1-4H3,(H,22,23)/b6-5+,14-10+,15-7+. The highest BCUT2D eigenvalue weighted by atomic mass is 16.4. The second-order valence-corrected chi connectivity index (χ2v) is 5.93. The Hall–Kier alpha value is -2.61. The van der Waals surface area contributed by atoms with Gasteiger partial charge in [-0.3, -0.25) is 0 Å². The van der Waals surface area contributed by atoms with Crippen molar-refractivity contribution < 1.29 is 9.90 Å². The molecular weight excluding hydrogens is 284 g/mol. The summed E-state index contributed by atoms with van der Waals surface area (Å²) in [5, 5.41) is 11.2. The van der Waals surface area contributed by atoms with Gasteiger partial charge in [0.25, 0.3) is 0 Å². The molecule has 0 spiro atoms. The Morgan fingerprint density at radius 3 is 2.30 bits per heavy atom. The normalized spacial score (nSPS) is 13.0. The Labute approximate surface area is 137 Å². The van der Waals surface area contributed by atoms with Crippen LogP contribution in [-0.2, 0) is 4.79 Å². The summed E-state index contributed by atoms with van der Waals surface area (Å²) < 4.78 is 0. The van der Waals surface area contributed by atoms with Crippen LogP contribution in [0, 0.1) is 13.8 Å². The summed E-state index contributed by atoms with van der Waals surface area (Å²) in [5.41, 5.74) is 5.63. The molecule has 0 atom stereocenters. The molecule has 0 radical (unpaired) electrons. The van der Waals surface area contributed by atoms with E-state index >= 15 is 0 Å². The first kappa shape index (κ1) is 16.8. The maximum atomic E-state index is 10.6. The van der Waals surface area contributed by atoms with Gasteiger partial charge in [-0.25, -0.2) is 4.79 Å². The van der Waals surface area contributed by atoms with Crippen LogP contribution in [0.3, 0.4) is 0 Å². The lowest BCUT2D eigenvalue weighted by Gasteiger charge is -2.07. The number of aliphatic carboxylic acids is 1. The van der Waals surface area contributed by atoms with Gasteiger partial charge in [0.15, 0.2) is 0 Å². The molecule has 2 nitrogen and oxygen atoms in total. The molecule has 2 aromatic rings. The van der Waals surface area contributed by atoms with Crippen LogP contribution in [0.15, 0.2) is 60.2 Å². The smallest absolute Gasteiger partial charge is 0.328 e. The summed E-state index contributed by atoms with van der Waals surface area (Å²) >= 11 is 0. The van der Waals surface area contributed by atoms with Crippen LogP contribution >= 0.6 is 0 Å². The van der Waals surface area contributed by atoms with E-state index in [1.54, 1.807) is 13.0 Å². The molecule has 23 heavy (non-hydrogen) atoms. The van der Waals surface area contributed by atoms with Gasteiger partial charge in [0, 0.05) is 6.08 Å². The first-order valence-corrected chi connectivity index (χ1v) is 7.64. The number of fused-ring (bicyclic) bond motifs is 1. The molecule has 0 saturated heterocycles. The maximum Gasteiger partial charge on any atom is 0.328 e. The van der Waals surface area contributed by atoms with E-state index in [4.69, 9.17) is 5.11 Å². The van der Waals surface area contributed by atoms with Crippen LogP contribution in [0.25, 0.3) is 16.3 Å². The molecule has 0 aliphatic heterocycles. The van der Waals surface area contributed by atoms with Crippen LogP contribution in [0.5, 0.6) is 0 Å². The number of carbonyl (C=O) groups is 1. The highest BCUT2D eigenvalue weighted by Gasteiger charge is 2.01. The molecule has 118 valence electrons. The predicted molar refractivity (Wildman–Crippen MR) is 97.6 cm³/mol. The SMILES string of the molecule is CC(/C=C/C=C(\C)c1ccc2cc(C)c(C)cc2c1)=C\C(=O)O. The summed E-state index contributed by atoms with van der Waals surface area (Å²) in [4.78, 5) is 10.6. The maximum absolute atomic E-state index is 10.6. The van der Waals surface area contributed by atoms with Gasteiger partial charge in [-0.05, 0) is 72.4 Å². The summed E-state index contributed by atoms with van der Waals surface area (Å²) in [5.74, 6) is -0.923. The molecule has 0 unspecified atom stereocenters. The highest BCUT2D eigenvalue weighted by molar-refractivity contribution is 5.87. The molecule has 0 bridgehead atoms. The van der Waals surface area contributed by atoms with Gasteiger partial charge in [0.2, 0.25) is 0 Å². The molecule has 2 rings (SSSR count). The number of hydrogen-bond acceptors (Lipinski definition) is 1. The highest BCUT2D eigenvalue weighted by Crippen LogP contribution is 2.24. The second-order valence-electron chi connectivity index (χ2n) is 5.93. The molecule has 2 aromatic carbocycles. The lowest BCUT2D eigenvalue weighted by molar-refractivity contribution is -0.131. The van der Waals surface area contributed by atoms with Gasteiger partial charge in [-0.2, -0.15) is 0 Å². The molecule has 0 saturated carbocycles. The number of carboxylic acids is 1. The van der Waals surface area contributed by atoms with E-state index in [1.807, 2.05) is 12.2 Å². The molecule has 0 fully saturated rings. The van der Waals surface area contributed by atoms with Crippen molar-refractivity contribution in [2.45, 2.75) is 27.7 Å². The van der Waals surface area contributed by atoms with Gasteiger partial charge in [-0.1, -0.05) is 42.5 Å². The molecule has 0 amide bonds. The fourth-order valence-corrected chi connectivity index (χ4v) is 2.45. The van der Waals surface area contributed by atoms with E-state index in [-0.39, 0.29) is 0 Å². The van der Waals surface area contributed by atoms with E-state index in [2.05, 4.69) is 51.1 Å².